The molecule has 0 aromatic heterocycles. The maximum atomic E-state index is 12.6. The van der Waals surface area contributed by atoms with E-state index in [1.165, 1.54) is 0 Å². The Labute approximate surface area is 203 Å². The Bertz CT molecular complexity index is 571. The summed E-state index contributed by atoms with van der Waals surface area (Å²) in [7, 11) is 0. The molecule has 0 bridgehead atoms. The molecular formula is C27H52O6. The molecule has 0 aliphatic heterocycles. The van der Waals surface area contributed by atoms with Gasteiger partial charge >= 0.3 is 11.9 Å². The molecule has 196 valence electrons. The normalized spacial score (nSPS) is 13.2. The summed E-state index contributed by atoms with van der Waals surface area (Å²) in [6.07, 6.45) is 5.69. The summed E-state index contributed by atoms with van der Waals surface area (Å²) in [5.41, 5.74) is -1.71. The fraction of sp³-hybridized carbons (Fsp3) is 0.926. The van der Waals surface area contributed by atoms with Gasteiger partial charge in [0.05, 0.1) is 37.3 Å². The summed E-state index contributed by atoms with van der Waals surface area (Å²) >= 11 is 0. The van der Waals surface area contributed by atoms with Crippen LogP contribution in [0.15, 0.2) is 0 Å². The zero-order valence-electron chi connectivity index (χ0n) is 23.2. The van der Waals surface area contributed by atoms with Gasteiger partial charge < -0.3 is 18.9 Å². The number of carbonyl (C=O) groups excluding carboxylic acids is 2. The Morgan fingerprint density at radius 2 is 1.03 bits per heavy atom. The first-order valence-electron chi connectivity index (χ1n) is 13.0. The molecule has 0 amide bonds. The molecular weight excluding hydrogens is 420 g/mol. The van der Waals surface area contributed by atoms with Crippen LogP contribution in [-0.4, -0.2) is 47.6 Å². The number of hydrogen-bond donors (Lipinski definition) is 0. The summed E-state index contributed by atoms with van der Waals surface area (Å²) in [4.78, 5) is 24.9. The van der Waals surface area contributed by atoms with Gasteiger partial charge in [0.15, 0.2) is 0 Å². The maximum absolute atomic E-state index is 12.6. The molecule has 0 N–H and O–H groups in total. The van der Waals surface area contributed by atoms with E-state index in [0.29, 0.717) is 32.5 Å². The van der Waals surface area contributed by atoms with E-state index in [1.807, 2.05) is 27.7 Å². The highest BCUT2D eigenvalue weighted by Gasteiger charge is 2.33. The van der Waals surface area contributed by atoms with Crippen LogP contribution in [0.2, 0.25) is 0 Å². The Hall–Kier alpha value is -1.14. The topological polar surface area (TPSA) is 71.1 Å². The van der Waals surface area contributed by atoms with Crippen LogP contribution in [-0.2, 0) is 28.5 Å². The quantitative estimate of drug-likeness (QED) is 0.205. The van der Waals surface area contributed by atoms with Crippen LogP contribution in [0.4, 0.5) is 0 Å². The molecule has 33 heavy (non-hydrogen) atoms. The van der Waals surface area contributed by atoms with Crippen molar-refractivity contribution in [3.63, 3.8) is 0 Å². The average Bonchev–Trinajstić information content (AvgIpc) is 2.80. The largest absolute Gasteiger partial charge is 0.459 e. The fourth-order valence-electron chi connectivity index (χ4n) is 3.42. The molecule has 0 aliphatic carbocycles. The van der Waals surface area contributed by atoms with Crippen molar-refractivity contribution in [2.45, 2.75) is 149 Å². The SMILES string of the molecule is CCC(C)(CC)OCCC(CC)(CC)OC(=O)CCC(=O)OC(C)(C)COC(C)(CC)CC. The Kier molecular flexibility index (Phi) is 13.8. The minimum Gasteiger partial charge on any atom is -0.459 e. The summed E-state index contributed by atoms with van der Waals surface area (Å²) in [5, 5.41) is 0. The number of ether oxygens (including phenoxy) is 4. The van der Waals surface area contributed by atoms with Crippen molar-refractivity contribution >= 4 is 11.9 Å². The van der Waals surface area contributed by atoms with Crippen LogP contribution in [0.5, 0.6) is 0 Å². The summed E-state index contributed by atoms with van der Waals surface area (Å²) < 4.78 is 23.6. The highest BCUT2D eigenvalue weighted by molar-refractivity contribution is 5.78. The zero-order chi connectivity index (χ0) is 25.8. The lowest BCUT2D eigenvalue weighted by Crippen LogP contribution is -2.39. The van der Waals surface area contributed by atoms with E-state index in [2.05, 4.69) is 41.5 Å². The van der Waals surface area contributed by atoms with E-state index < -0.39 is 17.2 Å². The van der Waals surface area contributed by atoms with Gasteiger partial charge in [0.1, 0.15) is 11.2 Å². The summed E-state index contributed by atoms with van der Waals surface area (Å²) in [6.45, 7) is 21.1. The van der Waals surface area contributed by atoms with E-state index in [-0.39, 0.29) is 30.0 Å². The molecule has 0 aromatic carbocycles. The monoisotopic (exact) mass is 472 g/mol. The minimum absolute atomic E-state index is 0.00164. The van der Waals surface area contributed by atoms with Gasteiger partial charge in [-0.15, -0.1) is 0 Å². The van der Waals surface area contributed by atoms with Crippen LogP contribution in [0.25, 0.3) is 0 Å². The van der Waals surface area contributed by atoms with Crippen molar-refractivity contribution in [1.29, 1.82) is 0 Å². The smallest absolute Gasteiger partial charge is 0.306 e. The van der Waals surface area contributed by atoms with Crippen LogP contribution >= 0.6 is 0 Å². The molecule has 0 fully saturated rings. The first-order valence-corrected chi connectivity index (χ1v) is 13.0. The van der Waals surface area contributed by atoms with Crippen molar-refractivity contribution in [3.05, 3.63) is 0 Å². The number of rotatable bonds is 18. The van der Waals surface area contributed by atoms with Crippen molar-refractivity contribution < 1.29 is 28.5 Å². The Balaban J connectivity index is 4.70. The fourth-order valence-corrected chi connectivity index (χ4v) is 3.42. The molecule has 6 heteroatoms. The second kappa shape index (κ2) is 14.3. The lowest BCUT2D eigenvalue weighted by Gasteiger charge is -2.34. The van der Waals surface area contributed by atoms with E-state index in [9.17, 15) is 9.59 Å². The molecule has 0 radical (unpaired) electrons. The molecule has 0 aromatic rings. The van der Waals surface area contributed by atoms with E-state index >= 15 is 0 Å². The predicted molar refractivity (Wildman–Crippen MR) is 133 cm³/mol. The Morgan fingerprint density at radius 1 is 0.606 bits per heavy atom. The van der Waals surface area contributed by atoms with Crippen molar-refractivity contribution in [2.24, 2.45) is 0 Å². The molecule has 0 heterocycles. The third-order valence-corrected chi connectivity index (χ3v) is 7.31. The van der Waals surface area contributed by atoms with Gasteiger partial charge in [-0.2, -0.15) is 0 Å². The highest BCUT2D eigenvalue weighted by Crippen LogP contribution is 2.28. The van der Waals surface area contributed by atoms with E-state index in [0.717, 1.165) is 25.7 Å². The van der Waals surface area contributed by atoms with Crippen molar-refractivity contribution in [1.82, 2.24) is 0 Å². The average molecular weight is 473 g/mol. The minimum atomic E-state index is -0.758. The molecule has 6 nitrogen and oxygen atoms in total. The third kappa shape index (κ3) is 11.7. The van der Waals surface area contributed by atoms with Crippen LogP contribution in [0.3, 0.4) is 0 Å². The third-order valence-electron chi connectivity index (χ3n) is 7.31. The van der Waals surface area contributed by atoms with Crippen molar-refractivity contribution in [2.75, 3.05) is 13.2 Å². The van der Waals surface area contributed by atoms with Gasteiger partial charge in [0.2, 0.25) is 0 Å². The van der Waals surface area contributed by atoms with Crippen molar-refractivity contribution in [3.8, 4) is 0 Å². The lowest BCUT2D eigenvalue weighted by molar-refractivity contribution is -0.174. The molecule has 0 saturated heterocycles. The highest BCUT2D eigenvalue weighted by atomic mass is 16.6. The van der Waals surface area contributed by atoms with Gasteiger partial charge in [-0.3, -0.25) is 9.59 Å². The Morgan fingerprint density at radius 3 is 1.45 bits per heavy atom. The van der Waals surface area contributed by atoms with E-state index in [1.54, 1.807) is 0 Å². The van der Waals surface area contributed by atoms with Crippen LogP contribution in [0, 0.1) is 0 Å². The first kappa shape index (κ1) is 31.9. The van der Waals surface area contributed by atoms with Gasteiger partial charge in [-0.1, -0.05) is 41.5 Å². The molecule has 0 aliphatic rings. The molecule has 0 atom stereocenters. The second-order valence-electron chi connectivity index (χ2n) is 10.3. The van der Waals surface area contributed by atoms with Crippen LogP contribution < -0.4 is 0 Å². The maximum Gasteiger partial charge on any atom is 0.306 e. The van der Waals surface area contributed by atoms with Gasteiger partial charge in [-0.25, -0.2) is 0 Å². The van der Waals surface area contributed by atoms with Gasteiger partial charge in [0, 0.05) is 6.42 Å². The lowest BCUT2D eigenvalue weighted by atomic mass is 9.93. The molecule has 0 saturated carbocycles. The molecule has 0 spiro atoms. The zero-order valence-corrected chi connectivity index (χ0v) is 23.2. The van der Waals surface area contributed by atoms with Gasteiger partial charge in [-0.05, 0) is 66.2 Å². The molecule has 0 unspecified atom stereocenters. The number of esters is 2. The predicted octanol–water partition coefficient (Wildman–Crippen LogP) is 6.77. The summed E-state index contributed by atoms with van der Waals surface area (Å²) in [5.74, 6) is -0.790. The van der Waals surface area contributed by atoms with Crippen LogP contribution in [0.1, 0.15) is 127 Å². The number of hydrogen-bond acceptors (Lipinski definition) is 6. The first-order chi connectivity index (χ1) is 15.3. The number of carbonyl (C=O) groups is 2. The summed E-state index contributed by atoms with van der Waals surface area (Å²) in [6, 6.07) is 0. The molecule has 0 rings (SSSR count). The second-order valence-corrected chi connectivity index (χ2v) is 10.3. The standard InChI is InChI=1S/C27H52O6/c1-11-25(9,12-2)30-20-19-27(15-5,16-6)33-23(29)18-17-22(28)32-24(7,8)21-31-26(10,13-3)14-4/h11-21H2,1-10H3. The van der Waals surface area contributed by atoms with E-state index in [4.69, 9.17) is 18.9 Å². The van der Waals surface area contributed by atoms with Gasteiger partial charge in [0.25, 0.3) is 0 Å².